The van der Waals surface area contributed by atoms with E-state index in [2.05, 4.69) is 5.32 Å². The highest BCUT2D eigenvalue weighted by Gasteiger charge is 2.59. The van der Waals surface area contributed by atoms with Gasteiger partial charge in [-0.05, 0) is 42.4 Å². The van der Waals surface area contributed by atoms with E-state index in [0.29, 0.717) is 13.0 Å². The number of hydrogen-bond acceptors (Lipinski definition) is 4. The highest BCUT2D eigenvalue weighted by atomic mass is 16.3. The molecule has 1 heterocycles. The smallest absolute Gasteiger partial charge is 0.240 e. The molecular formula is C19H20N2O4. The molecule has 25 heavy (non-hydrogen) atoms. The lowest BCUT2D eigenvalue weighted by Crippen LogP contribution is -2.42. The van der Waals surface area contributed by atoms with E-state index in [4.69, 9.17) is 0 Å². The molecular weight excluding hydrogens is 320 g/mol. The van der Waals surface area contributed by atoms with Gasteiger partial charge < -0.3 is 10.4 Å². The van der Waals surface area contributed by atoms with Gasteiger partial charge in [0, 0.05) is 6.54 Å². The number of carbonyl (C=O) groups is 3. The van der Waals surface area contributed by atoms with Crippen LogP contribution in [0.1, 0.15) is 12.0 Å². The molecule has 1 aromatic rings. The van der Waals surface area contributed by atoms with Crippen molar-refractivity contribution in [3.05, 3.63) is 42.0 Å². The van der Waals surface area contributed by atoms with Crippen molar-refractivity contribution in [1.82, 2.24) is 10.2 Å². The number of allylic oxidation sites excluding steroid dienone is 2. The summed E-state index contributed by atoms with van der Waals surface area (Å²) >= 11 is 0. The molecule has 2 aliphatic carbocycles. The van der Waals surface area contributed by atoms with Crippen LogP contribution in [0.3, 0.4) is 0 Å². The zero-order valence-corrected chi connectivity index (χ0v) is 13.7. The average Bonchev–Trinajstić information content (AvgIpc) is 3.27. The van der Waals surface area contributed by atoms with Gasteiger partial charge in [-0.2, -0.15) is 0 Å². The summed E-state index contributed by atoms with van der Waals surface area (Å²) in [6, 6.07) is 6.78. The number of amides is 3. The Kier molecular flexibility index (Phi) is 3.82. The fourth-order valence-electron chi connectivity index (χ4n) is 4.33. The summed E-state index contributed by atoms with van der Waals surface area (Å²) in [7, 11) is 0. The lowest BCUT2D eigenvalue weighted by molar-refractivity contribution is -0.144. The van der Waals surface area contributed by atoms with E-state index in [1.54, 1.807) is 24.3 Å². The maximum atomic E-state index is 12.5. The summed E-state index contributed by atoms with van der Waals surface area (Å²) in [5, 5.41) is 12.0. The second-order valence-electron chi connectivity index (χ2n) is 7.03. The third-order valence-electron chi connectivity index (χ3n) is 5.54. The number of imide groups is 1. The van der Waals surface area contributed by atoms with Gasteiger partial charge in [0.1, 0.15) is 12.3 Å². The van der Waals surface area contributed by atoms with Crippen LogP contribution in [0.4, 0.5) is 0 Å². The fraction of sp³-hybridized carbons (Fsp3) is 0.421. The zero-order chi connectivity index (χ0) is 17.6. The molecule has 0 radical (unpaired) electrons. The van der Waals surface area contributed by atoms with Crippen LogP contribution in [-0.4, -0.2) is 40.8 Å². The number of carbonyl (C=O) groups excluding carboxylic acids is 3. The minimum Gasteiger partial charge on any atom is -0.508 e. The van der Waals surface area contributed by atoms with E-state index in [-0.39, 0.29) is 53.7 Å². The third-order valence-corrected chi connectivity index (χ3v) is 5.54. The summed E-state index contributed by atoms with van der Waals surface area (Å²) < 4.78 is 0. The molecule has 130 valence electrons. The standard InChI is InChI=1S/C19H20N2O4/c22-14-5-1-11(2-6-14)7-8-20-15(23)10-21-18(24)16-12-3-4-13(9-12)17(16)19(21)25/h1-6,12-13,16-17,22H,7-10H2,(H,20,23)/t12-,13-,16-,17+/m0/s1. The second-order valence-corrected chi connectivity index (χ2v) is 7.03. The van der Waals surface area contributed by atoms with Crippen molar-refractivity contribution < 1.29 is 19.5 Å². The van der Waals surface area contributed by atoms with E-state index < -0.39 is 0 Å². The lowest BCUT2D eigenvalue weighted by atomic mass is 9.85. The molecule has 6 heteroatoms. The van der Waals surface area contributed by atoms with Crippen LogP contribution in [0.15, 0.2) is 36.4 Å². The van der Waals surface area contributed by atoms with Crippen molar-refractivity contribution in [3.8, 4) is 5.75 Å². The first kappa shape index (κ1) is 15.9. The van der Waals surface area contributed by atoms with Crippen LogP contribution in [0.2, 0.25) is 0 Å². The highest BCUT2D eigenvalue weighted by Crippen LogP contribution is 2.52. The molecule has 1 aliphatic heterocycles. The fourth-order valence-corrected chi connectivity index (χ4v) is 4.33. The van der Waals surface area contributed by atoms with Crippen LogP contribution in [0.5, 0.6) is 5.75 Å². The van der Waals surface area contributed by atoms with E-state index in [9.17, 15) is 19.5 Å². The molecule has 1 saturated heterocycles. The van der Waals surface area contributed by atoms with Crippen LogP contribution in [0, 0.1) is 23.7 Å². The first-order valence-electron chi connectivity index (χ1n) is 8.63. The first-order chi connectivity index (χ1) is 12.0. The van der Waals surface area contributed by atoms with Gasteiger partial charge in [-0.3, -0.25) is 19.3 Å². The van der Waals surface area contributed by atoms with Gasteiger partial charge >= 0.3 is 0 Å². The number of likely N-dealkylation sites (tertiary alicyclic amines) is 1. The van der Waals surface area contributed by atoms with E-state index >= 15 is 0 Å². The molecule has 6 nitrogen and oxygen atoms in total. The second kappa shape index (κ2) is 6.02. The van der Waals surface area contributed by atoms with Crippen molar-refractivity contribution in [2.24, 2.45) is 23.7 Å². The number of nitrogens with one attached hydrogen (secondary N) is 1. The largest absolute Gasteiger partial charge is 0.508 e. The van der Waals surface area contributed by atoms with Gasteiger partial charge in [0.05, 0.1) is 11.8 Å². The number of rotatable bonds is 5. The number of phenolic OH excluding ortho intramolecular Hbond substituents is 1. The Hall–Kier alpha value is -2.63. The molecule has 1 saturated carbocycles. The number of fused-ring (bicyclic) bond motifs is 5. The molecule has 0 spiro atoms. The SMILES string of the molecule is O=C(CN1C(=O)[C@@H]2[C@H](C1=O)[C@H]1C=C[C@H]2C1)NCCc1ccc(O)cc1. The monoisotopic (exact) mass is 340 g/mol. The topological polar surface area (TPSA) is 86.7 Å². The van der Waals surface area contributed by atoms with Crippen LogP contribution in [0.25, 0.3) is 0 Å². The summed E-state index contributed by atoms with van der Waals surface area (Å²) in [5.74, 6) is -0.697. The average molecular weight is 340 g/mol. The molecule has 4 rings (SSSR count). The third kappa shape index (κ3) is 2.71. The Morgan fingerprint density at radius 3 is 2.28 bits per heavy atom. The van der Waals surface area contributed by atoms with Crippen molar-refractivity contribution >= 4 is 17.7 Å². The first-order valence-corrected chi connectivity index (χ1v) is 8.63. The zero-order valence-electron chi connectivity index (χ0n) is 13.7. The summed E-state index contributed by atoms with van der Waals surface area (Å²) in [4.78, 5) is 38.3. The predicted octanol–water partition coefficient (Wildman–Crippen LogP) is 0.858. The van der Waals surface area contributed by atoms with Gasteiger partial charge in [-0.1, -0.05) is 24.3 Å². The Balaban J connectivity index is 1.30. The van der Waals surface area contributed by atoms with Gasteiger partial charge in [0.15, 0.2) is 0 Å². The normalized spacial score (nSPS) is 29.4. The van der Waals surface area contributed by atoms with Gasteiger partial charge in [-0.15, -0.1) is 0 Å². The number of benzene rings is 1. The molecule has 0 aromatic heterocycles. The van der Waals surface area contributed by atoms with Crippen molar-refractivity contribution in [1.29, 1.82) is 0 Å². The van der Waals surface area contributed by atoms with Crippen molar-refractivity contribution in [3.63, 3.8) is 0 Å². The Bertz CT molecular complexity index is 725. The van der Waals surface area contributed by atoms with E-state index in [1.807, 2.05) is 12.2 Å². The Labute approximate surface area is 145 Å². The molecule has 4 atom stereocenters. The Morgan fingerprint density at radius 2 is 1.68 bits per heavy atom. The molecule has 1 aromatic carbocycles. The number of nitrogens with zero attached hydrogens (tertiary/aromatic N) is 1. The predicted molar refractivity (Wildman–Crippen MR) is 89.3 cm³/mol. The van der Waals surface area contributed by atoms with Crippen molar-refractivity contribution in [2.75, 3.05) is 13.1 Å². The maximum Gasteiger partial charge on any atom is 0.240 e. The minimum absolute atomic E-state index is 0.161. The van der Waals surface area contributed by atoms with Crippen LogP contribution in [-0.2, 0) is 20.8 Å². The molecule has 3 amide bonds. The molecule has 2 N–H and O–H groups in total. The highest BCUT2D eigenvalue weighted by molar-refractivity contribution is 6.08. The number of aromatic hydroxyl groups is 1. The molecule has 2 fully saturated rings. The van der Waals surface area contributed by atoms with Gasteiger partial charge in [0.25, 0.3) is 0 Å². The van der Waals surface area contributed by atoms with Crippen molar-refractivity contribution in [2.45, 2.75) is 12.8 Å². The number of phenols is 1. The molecule has 0 unspecified atom stereocenters. The lowest BCUT2D eigenvalue weighted by Gasteiger charge is -2.16. The van der Waals surface area contributed by atoms with Gasteiger partial charge in [-0.25, -0.2) is 0 Å². The van der Waals surface area contributed by atoms with E-state index in [0.717, 1.165) is 16.9 Å². The summed E-state index contributed by atoms with van der Waals surface area (Å²) in [6.07, 6.45) is 5.59. The summed E-state index contributed by atoms with van der Waals surface area (Å²) in [6.45, 7) is 0.221. The number of hydrogen-bond donors (Lipinski definition) is 2. The minimum atomic E-state index is -0.319. The Morgan fingerprint density at radius 1 is 1.08 bits per heavy atom. The maximum absolute atomic E-state index is 12.5. The molecule has 3 aliphatic rings. The van der Waals surface area contributed by atoms with Crippen LogP contribution < -0.4 is 5.32 Å². The van der Waals surface area contributed by atoms with Gasteiger partial charge in [0.2, 0.25) is 17.7 Å². The van der Waals surface area contributed by atoms with E-state index in [1.165, 1.54) is 0 Å². The quantitative estimate of drug-likeness (QED) is 0.615. The van der Waals surface area contributed by atoms with Crippen LogP contribution >= 0.6 is 0 Å². The molecule has 2 bridgehead atoms. The summed E-state index contributed by atoms with van der Waals surface area (Å²) in [5.41, 5.74) is 0.989.